The second-order valence-electron chi connectivity index (χ2n) is 9.57. The van der Waals surface area contributed by atoms with Crippen molar-refractivity contribution in [2.45, 2.75) is 47.6 Å². The third-order valence-electron chi connectivity index (χ3n) is 6.51. The molecular weight excluding hydrogens is 605 g/mol. The minimum atomic E-state index is -0.697. The number of benzene rings is 2. The molecule has 2 aromatic carbocycles. The lowest BCUT2D eigenvalue weighted by Crippen LogP contribution is -2.29. The van der Waals surface area contributed by atoms with Crippen LogP contribution in [0.5, 0.6) is 0 Å². The molecule has 0 fully saturated rings. The maximum atomic E-state index is 14.3. The van der Waals surface area contributed by atoms with Crippen LogP contribution < -0.4 is 22.2 Å². The number of ether oxygens (including phenoxy) is 1. The van der Waals surface area contributed by atoms with Crippen LogP contribution in [0.3, 0.4) is 0 Å². The predicted octanol–water partition coefficient (Wildman–Crippen LogP) is 5.23. The van der Waals surface area contributed by atoms with Gasteiger partial charge in [-0.05, 0) is 76.9 Å². The molecule has 228 valence electrons. The lowest BCUT2D eigenvalue weighted by molar-refractivity contribution is -0.143. The van der Waals surface area contributed by atoms with E-state index >= 15 is 0 Å². The van der Waals surface area contributed by atoms with Crippen molar-refractivity contribution in [3.8, 4) is 11.4 Å². The largest absolute Gasteiger partial charge is 0.464 e. The number of nitrogens with zero attached hydrogens (tertiary/aromatic N) is 4. The van der Waals surface area contributed by atoms with Gasteiger partial charge in [-0.25, -0.2) is 13.6 Å². The van der Waals surface area contributed by atoms with Crippen LogP contribution >= 0.6 is 23.2 Å². The Hall–Kier alpha value is -4.29. The summed E-state index contributed by atoms with van der Waals surface area (Å²) in [6.45, 7) is 10.4. The number of nitrogen functional groups attached to an aromatic ring is 1. The summed E-state index contributed by atoms with van der Waals surface area (Å²) in [5.41, 5.74) is 7.67. The van der Waals surface area contributed by atoms with Gasteiger partial charge >= 0.3 is 5.97 Å². The van der Waals surface area contributed by atoms with Gasteiger partial charge in [0.1, 0.15) is 17.4 Å². The monoisotopic (exact) mass is 634 g/mol. The molecule has 0 aliphatic rings. The van der Waals surface area contributed by atoms with Crippen molar-refractivity contribution in [2.75, 3.05) is 17.7 Å². The first-order valence-corrected chi connectivity index (χ1v) is 13.7. The van der Waals surface area contributed by atoms with E-state index in [1.54, 1.807) is 41.5 Å². The van der Waals surface area contributed by atoms with Crippen molar-refractivity contribution in [1.82, 2.24) is 19.6 Å². The zero-order chi connectivity index (χ0) is 32.2. The molecule has 0 saturated heterocycles. The third-order valence-corrected chi connectivity index (χ3v) is 7.15. The Morgan fingerprint density at radius 3 is 1.86 bits per heavy atom. The van der Waals surface area contributed by atoms with Gasteiger partial charge in [0.2, 0.25) is 0 Å². The number of carbonyl (C=O) groups excluding carboxylic acids is 1. The van der Waals surface area contributed by atoms with Crippen molar-refractivity contribution in [3.05, 3.63) is 101 Å². The standard InChI is InChI=1S/C17H19ClFN3O3.C12H11ClFN3O/c1-5-25-17(24)11(4)21-14-7-15(13(19)6-12(14)18)22-16(23)10(3)9(2)8-20-22;1-6-5-16-17(12(18)7(6)2)11-4-10(15)8(13)3-9(11)14/h6-8,11,21H,5H2,1-4H3;3-5H,15H2,1-2H3. The molecule has 2 aromatic heterocycles. The van der Waals surface area contributed by atoms with E-state index in [0.29, 0.717) is 22.4 Å². The first kappa shape index (κ1) is 33.2. The van der Waals surface area contributed by atoms with E-state index < -0.39 is 29.2 Å². The average Bonchev–Trinajstić information content (AvgIpc) is 2.95. The van der Waals surface area contributed by atoms with E-state index in [2.05, 4.69) is 15.5 Å². The fourth-order valence-electron chi connectivity index (χ4n) is 3.67. The van der Waals surface area contributed by atoms with Crippen LogP contribution in [0.25, 0.3) is 11.4 Å². The summed E-state index contributed by atoms with van der Waals surface area (Å²) in [6, 6.07) is 4.08. The van der Waals surface area contributed by atoms with E-state index in [1.807, 2.05) is 0 Å². The van der Waals surface area contributed by atoms with Crippen molar-refractivity contribution in [2.24, 2.45) is 0 Å². The van der Waals surface area contributed by atoms with Crippen molar-refractivity contribution >= 4 is 40.5 Å². The number of hydrogen-bond donors (Lipinski definition) is 2. The molecule has 4 rings (SSSR count). The van der Waals surface area contributed by atoms with Gasteiger partial charge in [0.15, 0.2) is 11.6 Å². The summed E-state index contributed by atoms with van der Waals surface area (Å²) in [7, 11) is 0. The van der Waals surface area contributed by atoms with Crippen molar-refractivity contribution in [3.63, 3.8) is 0 Å². The van der Waals surface area contributed by atoms with E-state index in [1.165, 1.54) is 24.5 Å². The van der Waals surface area contributed by atoms with Crippen LogP contribution in [0, 0.1) is 39.3 Å². The molecule has 1 atom stereocenters. The smallest absolute Gasteiger partial charge is 0.328 e. The van der Waals surface area contributed by atoms with E-state index in [4.69, 9.17) is 33.7 Å². The van der Waals surface area contributed by atoms with E-state index in [9.17, 15) is 23.2 Å². The lowest BCUT2D eigenvalue weighted by Gasteiger charge is -2.17. The summed E-state index contributed by atoms with van der Waals surface area (Å²) >= 11 is 11.7. The van der Waals surface area contributed by atoms with Crippen LogP contribution in [-0.4, -0.2) is 38.2 Å². The van der Waals surface area contributed by atoms with Crippen LogP contribution in [0.4, 0.5) is 20.2 Å². The van der Waals surface area contributed by atoms with E-state index in [0.717, 1.165) is 27.1 Å². The van der Waals surface area contributed by atoms with Gasteiger partial charge in [-0.15, -0.1) is 0 Å². The zero-order valence-electron chi connectivity index (χ0n) is 24.3. The summed E-state index contributed by atoms with van der Waals surface area (Å²) in [4.78, 5) is 36.1. The topological polar surface area (TPSA) is 134 Å². The quantitative estimate of drug-likeness (QED) is 0.217. The SMILES string of the molecule is CCOC(=O)C(C)Nc1cc(-n2ncc(C)c(C)c2=O)c(F)cc1Cl.Cc1cnn(-c2cc(N)c(Cl)cc2F)c(=O)c1C. The number of aromatic nitrogens is 4. The Bertz CT molecular complexity index is 1810. The summed E-state index contributed by atoms with van der Waals surface area (Å²) < 4.78 is 35.0. The zero-order valence-corrected chi connectivity index (χ0v) is 25.8. The number of nitrogens with one attached hydrogen (secondary N) is 1. The Labute approximate surface area is 256 Å². The number of halogens is 4. The van der Waals surface area contributed by atoms with Gasteiger partial charge in [0.05, 0.1) is 40.4 Å². The maximum absolute atomic E-state index is 14.3. The van der Waals surface area contributed by atoms with Gasteiger partial charge in [-0.2, -0.15) is 19.6 Å². The molecule has 14 heteroatoms. The van der Waals surface area contributed by atoms with Gasteiger partial charge in [0, 0.05) is 11.1 Å². The van der Waals surface area contributed by atoms with E-state index in [-0.39, 0.29) is 39.3 Å². The molecule has 3 N–H and O–H groups in total. The molecule has 0 spiro atoms. The number of nitrogens with two attached hydrogens (primary N) is 1. The highest BCUT2D eigenvalue weighted by atomic mass is 35.5. The lowest BCUT2D eigenvalue weighted by atomic mass is 10.2. The Morgan fingerprint density at radius 2 is 1.37 bits per heavy atom. The normalized spacial score (nSPS) is 11.4. The molecule has 1 unspecified atom stereocenters. The molecule has 0 radical (unpaired) electrons. The highest BCUT2D eigenvalue weighted by molar-refractivity contribution is 6.33. The summed E-state index contributed by atoms with van der Waals surface area (Å²) in [5.74, 6) is -1.81. The van der Waals surface area contributed by atoms with Crippen molar-refractivity contribution in [1.29, 1.82) is 0 Å². The molecule has 0 saturated carbocycles. The predicted molar refractivity (Wildman–Crippen MR) is 163 cm³/mol. The highest BCUT2D eigenvalue weighted by Crippen LogP contribution is 2.28. The number of anilines is 2. The van der Waals surface area contributed by atoms with Gasteiger partial charge in [-0.3, -0.25) is 9.59 Å². The molecular formula is C29H30Cl2F2N6O4. The van der Waals surface area contributed by atoms with Gasteiger partial charge < -0.3 is 15.8 Å². The molecule has 0 aliphatic carbocycles. The minimum absolute atomic E-state index is 0.00926. The fraction of sp³-hybridized carbons (Fsp3) is 0.276. The number of rotatable bonds is 6. The van der Waals surface area contributed by atoms with Gasteiger partial charge in [0.25, 0.3) is 11.1 Å². The van der Waals surface area contributed by atoms with Crippen LogP contribution in [0.2, 0.25) is 10.0 Å². The molecule has 0 amide bonds. The Morgan fingerprint density at radius 1 is 0.907 bits per heavy atom. The first-order valence-electron chi connectivity index (χ1n) is 13.0. The number of hydrogen-bond acceptors (Lipinski definition) is 8. The number of esters is 1. The molecule has 43 heavy (non-hydrogen) atoms. The molecule has 10 nitrogen and oxygen atoms in total. The van der Waals surface area contributed by atoms with Crippen LogP contribution in [-0.2, 0) is 9.53 Å². The molecule has 0 bridgehead atoms. The molecule has 0 aliphatic heterocycles. The highest BCUT2D eigenvalue weighted by Gasteiger charge is 2.19. The average molecular weight is 635 g/mol. The maximum Gasteiger partial charge on any atom is 0.328 e. The minimum Gasteiger partial charge on any atom is -0.464 e. The number of carbonyl (C=O) groups is 1. The van der Waals surface area contributed by atoms with Crippen LogP contribution in [0.15, 0.2) is 46.2 Å². The summed E-state index contributed by atoms with van der Waals surface area (Å²) in [5, 5.41) is 10.9. The second kappa shape index (κ2) is 13.8. The van der Waals surface area contributed by atoms with Crippen LogP contribution in [0.1, 0.15) is 36.1 Å². The summed E-state index contributed by atoms with van der Waals surface area (Å²) in [6.07, 6.45) is 2.99. The Kier molecular flexibility index (Phi) is 10.7. The van der Waals surface area contributed by atoms with Crippen molar-refractivity contribution < 1.29 is 18.3 Å². The Balaban J connectivity index is 0.000000248. The third kappa shape index (κ3) is 7.38. The second-order valence-corrected chi connectivity index (χ2v) is 10.4. The molecule has 4 aromatic rings. The fourth-order valence-corrected chi connectivity index (χ4v) is 4.03. The van der Waals surface area contributed by atoms with Gasteiger partial charge in [-0.1, -0.05) is 23.2 Å². The number of aryl methyl sites for hydroxylation is 2. The first-order chi connectivity index (χ1) is 20.2. The molecule has 2 heterocycles.